The number of hydrogen-bond donors (Lipinski definition) is 3. The predicted molar refractivity (Wildman–Crippen MR) is 73.9 cm³/mol. The normalized spacial score (nSPS) is 16.5. The number of benzene rings is 1. The summed E-state index contributed by atoms with van der Waals surface area (Å²) in [4.78, 5) is 23.3. The lowest BCUT2D eigenvalue weighted by atomic mass is 9.88. The Morgan fingerprint density at radius 2 is 2.11 bits per heavy atom. The summed E-state index contributed by atoms with van der Waals surface area (Å²) in [6, 6.07) is 5.07. The van der Waals surface area contributed by atoms with Gasteiger partial charge in [0.2, 0.25) is 11.8 Å². The maximum atomic E-state index is 12.1. The molecule has 5 nitrogen and oxygen atoms in total. The standard InChI is InChI=1S/C14H19N3O2/c1-8-3-4-10(13(15)18)5-12(8)17-14(19)9(2)11-6-16-7-11/h3-5,9,11,16H,6-7H2,1-2H3,(H2,15,18)(H,17,19). The zero-order chi connectivity index (χ0) is 14.0. The van der Waals surface area contributed by atoms with Crippen molar-refractivity contribution in [3.63, 3.8) is 0 Å². The monoisotopic (exact) mass is 261 g/mol. The Kier molecular flexibility index (Phi) is 3.85. The summed E-state index contributed by atoms with van der Waals surface area (Å²) in [5, 5.41) is 6.03. The first-order valence-electron chi connectivity index (χ1n) is 6.41. The van der Waals surface area contributed by atoms with Gasteiger partial charge in [0.1, 0.15) is 0 Å². The smallest absolute Gasteiger partial charge is 0.248 e. The highest BCUT2D eigenvalue weighted by Gasteiger charge is 2.28. The fraction of sp³-hybridized carbons (Fsp3) is 0.429. The number of amides is 2. The summed E-state index contributed by atoms with van der Waals surface area (Å²) >= 11 is 0. The average Bonchev–Trinajstić information content (AvgIpc) is 2.29. The van der Waals surface area contributed by atoms with Gasteiger partial charge in [0, 0.05) is 17.2 Å². The molecule has 1 aromatic rings. The number of aryl methyl sites for hydroxylation is 1. The van der Waals surface area contributed by atoms with Crippen LogP contribution in [0.2, 0.25) is 0 Å². The van der Waals surface area contributed by atoms with E-state index in [4.69, 9.17) is 5.73 Å². The Balaban J connectivity index is 2.11. The Morgan fingerprint density at radius 1 is 1.42 bits per heavy atom. The van der Waals surface area contributed by atoms with Crippen LogP contribution in [0.1, 0.15) is 22.8 Å². The summed E-state index contributed by atoms with van der Waals surface area (Å²) in [6.07, 6.45) is 0. The molecule has 0 radical (unpaired) electrons. The maximum absolute atomic E-state index is 12.1. The van der Waals surface area contributed by atoms with Crippen LogP contribution in [0.4, 0.5) is 5.69 Å². The van der Waals surface area contributed by atoms with E-state index in [1.54, 1.807) is 18.2 Å². The second kappa shape index (κ2) is 5.40. The summed E-state index contributed by atoms with van der Waals surface area (Å²) < 4.78 is 0. The van der Waals surface area contributed by atoms with E-state index in [0.717, 1.165) is 18.7 Å². The highest BCUT2D eigenvalue weighted by atomic mass is 16.2. The molecule has 0 saturated carbocycles. The van der Waals surface area contributed by atoms with Crippen LogP contribution in [-0.4, -0.2) is 24.9 Å². The average molecular weight is 261 g/mol. The highest BCUT2D eigenvalue weighted by Crippen LogP contribution is 2.21. The van der Waals surface area contributed by atoms with Gasteiger partial charge in [-0.1, -0.05) is 13.0 Å². The van der Waals surface area contributed by atoms with E-state index in [0.29, 0.717) is 17.2 Å². The summed E-state index contributed by atoms with van der Waals surface area (Å²) in [5.74, 6) is -0.166. The molecule has 1 fully saturated rings. The molecule has 1 aliphatic heterocycles. The molecule has 19 heavy (non-hydrogen) atoms. The van der Waals surface area contributed by atoms with Crippen molar-refractivity contribution >= 4 is 17.5 Å². The van der Waals surface area contributed by atoms with Gasteiger partial charge in [-0.05, 0) is 43.6 Å². The van der Waals surface area contributed by atoms with Gasteiger partial charge in [0.05, 0.1) is 0 Å². The quantitative estimate of drug-likeness (QED) is 0.752. The van der Waals surface area contributed by atoms with E-state index in [9.17, 15) is 9.59 Å². The van der Waals surface area contributed by atoms with Gasteiger partial charge in [-0.2, -0.15) is 0 Å². The lowest BCUT2D eigenvalue weighted by molar-refractivity contribution is -0.121. The van der Waals surface area contributed by atoms with Crippen LogP contribution >= 0.6 is 0 Å². The number of primary amides is 1. The summed E-state index contributed by atoms with van der Waals surface area (Å²) in [7, 11) is 0. The molecule has 4 N–H and O–H groups in total. The molecule has 1 atom stereocenters. The number of anilines is 1. The number of carbonyl (C=O) groups excluding carboxylic acids is 2. The first-order chi connectivity index (χ1) is 8.99. The van der Waals surface area contributed by atoms with Gasteiger partial charge in [0.25, 0.3) is 0 Å². The third kappa shape index (κ3) is 2.93. The Morgan fingerprint density at radius 3 is 2.63 bits per heavy atom. The second-order valence-electron chi connectivity index (χ2n) is 5.09. The van der Waals surface area contributed by atoms with Gasteiger partial charge < -0.3 is 16.4 Å². The van der Waals surface area contributed by atoms with Crippen LogP contribution in [0, 0.1) is 18.8 Å². The Labute approximate surface area is 112 Å². The Hall–Kier alpha value is -1.88. The largest absolute Gasteiger partial charge is 0.366 e. The van der Waals surface area contributed by atoms with Gasteiger partial charge >= 0.3 is 0 Å². The molecule has 0 aliphatic carbocycles. The van der Waals surface area contributed by atoms with Gasteiger partial charge in [-0.15, -0.1) is 0 Å². The van der Waals surface area contributed by atoms with Crippen LogP contribution in [-0.2, 0) is 4.79 Å². The van der Waals surface area contributed by atoms with Gasteiger partial charge in [-0.3, -0.25) is 9.59 Å². The minimum absolute atomic E-state index is 0.0174. The van der Waals surface area contributed by atoms with Crippen molar-refractivity contribution in [1.29, 1.82) is 0 Å². The number of nitrogens with one attached hydrogen (secondary N) is 2. The van der Waals surface area contributed by atoms with E-state index < -0.39 is 5.91 Å². The maximum Gasteiger partial charge on any atom is 0.248 e. The van der Waals surface area contributed by atoms with Crippen LogP contribution in [0.5, 0.6) is 0 Å². The molecular formula is C14H19N3O2. The third-order valence-electron chi connectivity index (χ3n) is 3.71. The minimum Gasteiger partial charge on any atom is -0.366 e. The van der Waals surface area contributed by atoms with E-state index in [2.05, 4.69) is 10.6 Å². The SMILES string of the molecule is Cc1ccc(C(N)=O)cc1NC(=O)C(C)C1CNC1. The predicted octanol–water partition coefficient (Wildman–Crippen LogP) is 0.888. The number of hydrogen-bond acceptors (Lipinski definition) is 3. The topological polar surface area (TPSA) is 84.2 Å². The van der Waals surface area contributed by atoms with E-state index in [1.165, 1.54) is 0 Å². The van der Waals surface area contributed by atoms with Crippen LogP contribution < -0.4 is 16.4 Å². The van der Waals surface area contributed by atoms with Crippen molar-refractivity contribution in [2.75, 3.05) is 18.4 Å². The van der Waals surface area contributed by atoms with Gasteiger partial charge in [-0.25, -0.2) is 0 Å². The van der Waals surface area contributed by atoms with Crippen molar-refractivity contribution in [2.45, 2.75) is 13.8 Å². The fourth-order valence-electron chi connectivity index (χ4n) is 2.04. The van der Waals surface area contributed by atoms with Crippen molar-refractivity contribution in [2.24, 2.45) is 17.6 Å². The molecule has 5 heteroatoms. The second-order valence-corrected chi connectivity index (χ2v) is 5.09. The van der Waals surface area contributed by atoms with Crippen molar-refractivity contribution in [3.05, 3.63) is 29.3 Å². The first-order valence-corrected chi connectivity index (χ1v) is 6.41. The van der Waals surface area contributed by atoms with Gasteiger partial charge in [0.15, 0.2) is 0 Å². The van der Waals surface area contributed by atoms with E-state index in [-0.39, 0.29) is 11.8 Å². The molecule has 0 aromatic heterocycles. The third-order valence-corrected chi connectivity index (χ3v) is 3.71. The molecule has 2 rings (SSSR count). The first kappa shape index (κ1) is 13.5. The summed E-state index contributed by atoms with van der Waals surface area (Å²) in [6.45, 7) is 5.58. The Bertz CT molecular complexity index is 509. The molecule has 1 saturated heterocycles. The molecule has 0 bridgehead atoms. The zero-order valence-corrected chi connectivity index (χ0v) is 11.2. The molecule has 1 heterocycles. The highest BCUT2D eigenvalue weighted by molar-refractivity contribution is 5.97. The minimum atomic E-state index is -0.494. The van der Waals surface area contributed by atoms with E-state index in [1.807, 2.05) is 13.8 Å². The fourth-order valence-corrected chi connectivity index (χ4v) is 2.04. The van der Waals surface area contributed by atoms with Crippen LogP contribution in [0.3, 0.4) is 0 Å². The van der Waals surface area contributed by atoms with Crippen molar-refractivity contribution in [3.8, 4) is 0 Å². The molecule has 1 aliphatic rings. The number of rotatable bonds is 4. The number of nitrogens with two attached hydrogens (primary N) is 1. The summed E-state index contributed by atoms with van der Waals surface area (Å²) in [5.41, 5.74) is 7.21. The van der Waals surface area contributed by atoms with Crippen LogP contribution in [0.15, 0.2) is 18.2 Å². The molecule has 1 unspecified atom stereocenters. The lowest BCUT2D eigenvalue weighted by Gasteiger charge is -2.31. The van der Waals surface area contributed by atoms with Crippen molar-refractivity contribution < 1.29 is 9.59 Å². The lowest BCUT2D eigenvalue weighted by Crippen LogP contribution is -2.48. The van der Waals surface area contributed by atoms with Crippen molar-refractivity contribution in [1.82, 2.24) is 5.32 Å². The van der Waals surface area contributed by atoms with Crippen LogP contribution in [0.25, 0.3) is 0 Å². The number of carbonyl (C=O) groups is 2. The van der Waals surface area contributed by atoms with E-state index >= 15 is 0 Å². The molecule has 0 spiro atoms. The molecule has 102 valence electrons. The zero-order valence-electron chi connectivity index (χ0n) is 11.2. The molecular weight excluding hydrogens is 242 g/mol. The molecule has 2 amide bonds. The molecule has 1 aromatic carbocycles.